The molecule has 1 atom stereocenters. The van der Waals surface area contributed by atoms with Gasteiger partial charge in [-0.2, -0.15) is 0 Å². The first-order chi connectivity index (χ1) is 8.65. The molecule has 18 heavy (non-hydrogen) atoms. The quantitative estimate of drug-likeness (QED) is 0.590. The van der Waals surface area contributed by atoms with Crippen molar-refractivity contribution < 1.29 is 19.1 Å². The molecule has 1 aromatic carbocycles. The molecule has 0 radical (unpaired) electrons. The van der Waals surface area contributed by atoms with Gasteiger partial charge in [0.25, 0.3) is 0 Å². The number of cyclic esters (lactones) is 1. The van der Waals surface area contributed by atoms with E-state index in [1.807, 2.05) is 30.3 Å². The molecule has 1 aliphatic heterocycles. The Bertz CT molecular complexity index is 440. The number of hydrogen-bond donors (Lipinski definition) is 0. The molecule has 1 aromatic rings. The number of esters is 1. The van der Waals surface area contributed by atoms with Crippen LogP contribution in [-0.2, 0) is 14.3 Å². The van der Waals surface area contributed by atoms with Gasteiger partial charge in [0.1, 0.15) is 16.9 Å². The van der Waals surface area contributed by atoms with Gasteiger partial charge in [0, 0.05) is 12.8 Å². The normalized spacial score (nSPS) is 22.6. The van der Waals surface area contributed by atoms with E-state index in [9.17, 15) is 9.59 Å². The number of rotatable bonds is 5. The number of Topliss-reactive ketones (excluding diaryl/α,β-unsaturated/α-hetero) is 1. The topological polar surface area (TPSA) is 52.6 Å². The van der Waals surface area contributed by atoms with E-state index in [0.29, 0.717) is 26.1 Å². The maximum absolute atomic E-state index is 11.7. The van der Waals surface area contributed by atoms with E-state index in [2.05, 4.69) is 0 Å². The number of carbonyl (C=O) groups is 2. The Hall–Kier alpha value is -1.84. The van der Waals surface area contributed by atoms with E-state index < -0.39 is 11.4 Å². The molecule has 0 N–H and O–H groups in total. The van der Waals surface area contributed by atoms with Gasteiger partial charge in [0.05, 0.1) is 13.2 Å². The third-order valence-electron chi connectivity index (χ3n) is 3.37. The van der Waals surface area contributed by atoms with Crippen molar-refractivity contribution in [1.82, 2.24) is 0 Å². The third-order valence-corrected chi connectivity index (χ3v) is 3.37. The van der Waals surface area contributed by atoms with Gasteiger partial charge in [-0.1, -0.05) is 18.2 Å². The number of ketones is 1. The monoisotopic (exact) mass is 248 g/mol. The van der Waals surface area contributed by atoms with Gasteiger partial charge in [-0.05, 0) is 19.1 Å². The molecular weight excluding hydrogens is 232 g/mol. The molecule has 1 heterocycles. The van der Waals surface area contributed by atoms with Crippen molar-refractivity contribution in [2.45, 2.75) is 19.8 Å². The Balaban J connectivity index is 1.95. The number of hydrogen-bond acceptors (Lipinski definition) is 4. The van der Waals surface area contributed by atoms with Crippen molar-refractivity contribution in [2.24, 2.45) is 5.41 Å². The Morgan fingerprint density at radius 2 is 2.11 bits per heavy atom. The average Bonchev–Trinajstić information content (AvgIpc) is 2.73. The van der Waals surface area contributed by atoms with Gasteiger partial charge in [-0.25, -0.2) is 0 Å². The highest BCUT2D eigenvalue weighted by Gasteiger charge is 2.48. The molecule has 0 aromatic heterocycles. The number of carbonyl (C=O) groups excluding carboxylic acids is 2. The van der Waals surface area contributed by atoms with Gasteiger partial charge in [-0.3, -0.25) is 9.59 Å². The van der Waals surface area contributed by atoms with Crippen LogP contribution in [0.3, 0.4) is 0 Å². The summed E-state index contributed by atoms with van der Waals surface area (Å²) in [6.45, 7) is 2.09. The van der Waals surface area contributed by atoms with E-state index in [1.54, 1.807) is 0 Å². The number of para-hydroxylation sites is 1. The summed E-state index contributed by atoms with van der Waals surface area (Å²) in [4.78, 5) is 23.3. The molecule has 96 valence electrons. The predicted octanol–water partition coefficient (Wildman–Crippen LogP) is 1.98. The van der Waals surface area contributed by atoms with Crippen LogP contribution in [0, 0.1) is 5.41 Å². The van der Waals surface area contributed by atoms with Crippen LogP contribution in [0.2, 0.25) is 0 Å². The second kappa shape index (κ2) is 5.21. The standard InChI is InChI=1S/C14H16O4/c1-11(15)14(8-10-18-13(14)16)7-9-17-12-5-3-2-4-6-12/h2-6H,7-10H2,1H3. The second-order valence-corrected chi connectivity index (χ2v) is 4.44. The van der Waals surface area contributed by atoms with Crippen LogP contribution in [0.4, 0.5) is 0 Å². The molecule has 4 heteroatoms. The lowest BCUT2D eigenvalue weighted by molar-refractivity contribution is -0.151. The second-order valence-electron chi connectivity index (χ2n) is 4.44. The SMILES string of the molecule is CC(=O)C1(CCOc2ccccc2)CCOC1=O. The fourth-order valence-corrected chi connectivity index (χ4v) is 2.14. The molecule has 1 aliphatic rings. The maximum atomic E-state index is 11.7. The lowest BCUT2D eigenvalue weighted by atomic mass is 9.80. The van der Waals surface area contributed by atoms with Crippen LogP contribution in [-0.4, -0.2) is 25.0 Å². The molecule has 0 spiro atoms. The van der Waals surface area contributed by atoms with Gasteiger partial charge in [0.15, 0.2) is 0 Å². The minimum absolute atomic E-state index is 0.137. The van der Waals surface area contributed by atoms with Crippen LogP contribution in [0.15, 0.2) is 30.3 Å². The third kappa shape index (κ3) is 2.37. The lowest BCUT2D eigenvalue weighted by Gasteiger charge is -2.21. The number of benzene rings is 1. The van der Waals surface area contributed by atoms with Crippen molar-refractivity contribution in [2.75, 3.05) is 13.2 Å². The highest BCUT2D eigenvalue weighted by atomic mass is 16.5. The first-order valence-corrected chi connectivity index (χ1v) is 6.01. The summed E-state index contributed by atoms with van der Waals surface area (Å²) in [6, 6.07) is 9.33. The number of ether oxygens (including phenoxy) is 2. The Kier molecular flexibility index (Phi) is 3.65. The fraction of sp³-hybridized carbons (Fsp3) is 0.429. The molecule has 2 rings (SSSR count). The Labute approximate surface area is 106 Å². The summed E-state index contributed by atoms with van der Waals surface area (Å²) in [7, 11) is 0. The van der Waals surface area contributed by atoms with Crippen LogP contribution < -0.4 is 4.74 Å². The smallest absolute Gasteiger partial charge is 0.319 e. The zero-order chi connectivity index (χ0) is 13.0. The summed E-state index contributed by atoms with van der Waals surface area (Å²) in [5.41, 5.74) is -0.991. The van der Waals surface area contributed by atoms with Crippen molar-refractivity contribution in [3.05, 3.63) is 30.3 Å². The van der Waals surface area contributed by atoms with Crippen molar-refractivity contribution in [3.8, 4) is 5.75 Å². The van der Waals surface area contributed by atoms with Crippen molar-refractivity contribution in [1.29, 1.82) is 0 Å². The molecule has 0 bridgehead atoms. The molecule has 1 saturated heterocycles. The molecule has 1 unspecified atom stereocenters. The van der Waals surface area contributed by atoms with Gasteiger partial charge in [-0.15, -0.1) is 0 Å². The molecule has 0 saturated carbocycles. The van der Waals surface area contributed by atoms with Gasteiger partial charge >= 0.3 is 5.97 Å². The van der Waals surface area contributed by atoms with Crippen molar-refractivity contribution >= 4 is 11.8 Å². The van der Waals surface area contributed by atoms with E-state index in [0.717, 1.165) is 5.75 Å². The summed E-state index contributed by atoms with van der Waals surface area (Å²) in [5, 5.41) is 0. The Morgan fingerprint density at radius 3 is 2.67 bits per heavy atom. The van der Waals surface area contributed by atoms with Crippen LogP contribution >= 0.6 is 0 Å². The highest BCUT2D eigenvalue weighted by molar-refractivity contribution is 6.03. The first-order valence-electron chi connectivity index (χ1n) is 6.01. The van der Waals surface area contributed by atoms with Crippen LogP contribution in [0.1, 0.15) is 19.8 Å². The molecular formula is C14H16O4. The van der Waals surface area contributed by atoms with E-state index in [1.165, 1.54) is 6.92 Å². The average molecular weight is 248 g/mol. The minimum atomic E-state index is -0.991. The zero-order valence-corrected chi connectivity index (χ0v) is 10.3. The zero-order valence-electron chi connectivity index (χ0n) is 10.3. The fourth-order valence-electron chi connectivity index (χ4n) is 2.14. The van der Waals surface area contributed by atoms with Crippen LogP contribution in [0.5, 0.6) is 5.75 Å². The van der Waals surface area contributed by atoms with E-state index >= 15 is 0 Å². The highest BCUT2D eigenvalue weighted by Crippen LogP contribution is 2.34. The lowest BCUT2D eigenvalue weighted by Crippen LogP contribution is -2.35. The summed E-state index contributed by atoms with van der Waals surface area (Å²) in [6.07, 6.45) is 0.829. The van der Waals surface area contributed by atoms with E-state index in [4.69, 9.17) is 9.47 Å². The minimum Gasteiger partial charge on any atom is -0.494 e. The van der Waals surface area contributed by atoms with E-state index in [-0.39, 0.29) is 5.78 Å². The van der Waals surface area contributed by atoms with Gasteiger partial charge in [0.2, 0.25) is 0 Å². The maximum Gasteiger partial charge on any atom is 0.319 e. The van der Waals surface area contributed by atoms with Crippen LogP contribution in [0.25, 0.3) is 0 Å². The largest absolute Gasteiger partial charge is 0.494 e. The summed E-state index contributed by atoms with van der Waals surface area (Å²) >= 11 is 0. The van der Waals surface area contributed by atoms with Crippen molar-refractivity contribution in [3.63, 3.8) is 0 Å². The Morgan fingerprint density at radius 1 is 1.39 bits per heavy atom. The first kappa shape index (κ1) is 12.6. The summed E-state index contributed by atoms with van der Waals surface area (Å²) < 4.78 is 10.4. The van der Waals surface area contributed by atoms with Gasteiger partial charge < -0.3 is 9.47 Å². The predicted molar refractivity (Wildman–Crippen MR) is 65.2 cm³/mol. The molecule has 4 nitrogen and oxygen atoms in total. The molecule has 1 fully saturated rings. The molecule has 0 aliphatic carbocycles. The molecule has 0 amide bonds. The summed E-state index contributed by atoms with van der Waals surface area (Å²) in [5.74, 6) is 0.191.